The zero-order valence-electron chi connectivity index (χ0n) is 10.1. The van der Waals surface area contributed by atoms with E-state index in [4.69, 9.17) is 11.6 Å². The van der Waals surface area contributed by atoms with Gasteiger partial charge in [0.2, 0.25) is 0 Å². The van der Waals surface area contributed by atoms with Crippen molar-refractivity contribution in [1.29, 1.82) is 0 Å². The fourth-order valence-corrected chi connectivity index (χ4v) is 2.18. The molecule has 1 aliphatic carbocycles. The van der Waals surface area contributed by atoms with E-state index in [1.807, 2.05) is 13.8 Å². The van der Waals surface area contributed by atoms with Crippen LogP contribution in [0.15, 0.2) is 0 Å². The Hall–Kier alpha value is -0.830. The van der Waals surface area contributed by atoms with Gasteiger partial charge in [0.15, 0.2) is 11.0 Å². The lowest BCUT2D eigenvalue weighted by Crippen LogP contribution is -2.33. The highest BCUT2D eigenvalue weighted by atomic mass is 35.5. The molecule has 1 heterocycles. The minimum Gasteiger partial charge on any atom is -0.367 e. The number of nitrogens with one attached hydrogen (secondary N) is 1. The van der Waals surface area contributed by atoms with E-state index in [1.165, 1.54) is 19.3 Å². The van der Waals surface area contributed by atoms with E-state index in [1.54, 1.807) is 0 Å². The molecule has 1 aromatic rings. The minimum absolute atomic E-state index is 0.420. The molecule has 0 aliphatic heterocycles. The van der Waals surface area contributed by atoms with Crippen molar-refractivity contribution in [3.63, 3.8) is 0 Å². The number of anilines is 1. The molecule has 88 valence electrons. The standard InChI is InChI=1S/C12H18ClN3/c1-8-9(2)16-11(10(13)15-8)14-7-12(3)5-4-6-12/h4-7H2,1-3H3,(H,14,16). The van der Waals surface area contributed by atoms with Crippen molar-refractivity contribution in [2.75, 3.05) is 11.9 Å². The molecule has 4 heteroatoms. The van der Waals surface area contributed by atoms with Gasteiger partial charge in [0.1, 0.15) is 0 Å². The van der Waals surface area contributed by atoms with Gasteiger partial charge in [0.05, 0.1) is 11.4 Å². The topological polar surface area (TPSA) is 37.8 Å². The minimum atomic E-state index is 0.420. The summed E-state index contributed by atoms with van der Waals surface area (Å²) in [5, 5.41) is 3.80. The molecule has 1 aliphatic rings. The summed E-state index contributed by atoms with van der Waals surface area (Å²) in [7, 11) is 0. The average molecular weight is 240 g/mol. The van der Waals surface area contributed by atoms with Crippen LogP contribution in [0.5, 0.6) is 0 Å². The van der Waals surface area contributed by atoms with Crippen LogP contribution < -0.4 is 5.32 Å². The Bertz CT molecular complexity index is 399. The van der Waals surface area contributed by atoms with Gasteiger partial charge < -0.3 is 5.32 Å². The second-order valence-corrected chi connectivity index (χ2v) is 5.41. The summed E-state index contributed by atoms with van der Waals surface area (Å²) in [4.78, 5) is 8.69. The maximum Gasteiger partial charge on any atom is 0.171 e. The molecule has 0 radical (unpaired) electrons. The molecule has 1 saturated carbocycles. The lowest BCUT2D eigenvalue weighted by Gasteiger charge is -2.38. The Kier molecular flexibility index (Phi) is 3.06. The predicted octanol–water partition coefficient (Wildman–Crippen LogP) is 3.35. The quantitative estimate of drug-likeness (QED) is 0.879. The van der Waals surface area contributed by atoms with Crippen LogP contribution in [0.1, 0.15) is 37.6 Å². The number of hydrogen-bond acceptors (Lipinski definition) is 3. The van der Waals surface area contributed by atoms with E-state index >= 15 is 0 Å². The summed E-state index contributed by atoms with van der Waals surface area (Å²) in [6.07, 6.45) is 3.91. The van der Waals surface area contributed by atoms with Crippen LogP contribution in [0.4, 0.5) is 5.82 Å². The third-order valence-corrected chi connectivity index (χ3v) is 3.77. The third-order valence-electron chi connectivity index (χ3n) is 3.51. The van der Waals surface area contributed by atoms with Gasteiger partial charge in [-0.2, -0.15) is 0 Å². The summed E-state index contributed by atoms with van der Waals surface area (Å²) in [5.74, 6) is 0.720. The van der Waals surface area contributed by atoms with Crippen LogP contribution in [0.25, 0.3) is 0 Å². The monoisotopic (exact) mass is 239 g/mol. The maximum absolute atomic E-state index is 6.06. The van der Waals surface area contributed by atoms with Crippen molar-refractivity contribution in [3.8, 4) is 0 Å². The first-order valence-electron chi connectivity index (χ1n) is 5.75. The van der Waals surface area contributed by atoms with Crippen molar-refractivity contribution in [2.45, 2.75) is 40.0 Å². The van der Waals surface area contributed by atoms with E-state index in [9.17, 15) is 0 Å². The van der Waals surface area contributed by atoms with E-state index in [2.05, 4.69) is 22.2 Å². The summed E-state index contributed by atoms with van der Waals surface area (Å²) in [6, 6.07) is 0. The van der Waals surface area contributed by atoms with Gasteiger partial charge in [-0.1, -0.05) is 24.9 Å². The zero-order chi connectivity index (χ0) is 11.8. The Labute approximate surface area is 102 Å². The van der Waals surface area contributed by atoms with Gasteiger partial charge in [0.25, 0.3) is 0 Å². The first-order chi connectivity index (χ1) is 7.50. The summed E-state index contributed by atoms with van der Waals surface area (Å²) < 4.78 is 0. The van der Waals surface area contributed by atoms with Crippen molar-refractivity contribution < 1.29 is 0 Å². The molecule has 0 atom stereocenters. The molecule has 1 aromatic heterocycles. The number of aryl methyl sites for hydroxylation is 2. The van der Waals surface area contributed by atoms with Gasteiger partial charge in [-0.3, -0.25) is 0 Å². The molecule has 0 unspecified atom stereocenters. The SMILES string of the molecule is Cc1nc(Cl)c(NCC2(C)CCC2)nc1C. The number of aromatic nitrogens is 2. The highest BCUT2D eigenvalue weighted by molar-refractivity contribution is 6.31. The first kappa shape index (κ1) is 11.6. The van der Waals surface area contributed by atoms with Crippen LogP contribution in [0.3, 0.4) is 0 Å². The fourth-order valence-electron chi connectivity index (χ4n) is 1.94. The molecule has 2 rings (SSSR count). The summed E-state index contributed by atoms with van der Waals surface area (Å²) >= 11 is 6.06. The third kappa shape index (κ3) is 2.29. The van der Waals surface area contributed by atoms with E-state index < -0.39 is 0 Å². The van der Waals surface area contributed by atoms with Gasteiger partial charge in [0, 0.05) is 6.54 Å². The second kappa shape index (κ2) is 4.21. The molecule has 16 heavy (non-hydrogen) atoms. The molecule has 0 saturated heterocycles. The molecule has 1 N–H and O–H groups in total. The number of hydrogen-bond donors (Lipinski definition) is 1. The highest BCUT2D eigenvalue weighted by Crippen LogP contribution is 2.40. The van der Waals surface area contributed by atoms with E-state index in [0.717, 1.165) is 23.8 Å². The van der Waals surface area contributed by atoms with Crippen molar-refractivity contribution in [1.82, 2.24) is 9.97 Å². The van der Waals surface area contributed by atoms with Crippen LogP contribution in [-0.2, 0) is 0 Å². The van der Waals surface area contributed by atoms with Crippen molar-refractivity contribution in [3.05, 3.63) is 16.5 Å². The van der Waals surface area contributed by atoms with Gasteiger partial charge >= 0.3 is 0 Å². The fraction of sp³-hybridized carbons (Fsp3) is 0.667. The molecular formula is C12H18ClN3. The van der Waals surface area contributed by atoms with E-state index in [0.29, 0.717) is 10.6 Å². The molecular weight excluding hydrogens is 222 g/mol. The Morgan fingerprint density at radius 1 is 1.25 bits per heavy atom. The molecule has 0 spiro atoms. The second-order valence-electron chi connectivity index (χ2n) is 5.05. The Morgan fingerprint density at radius 3 is 2.44 bits per heavy atom. The molecule has 1 fully saturated rings. The first-order valence-corrected chi connectivity index (χ1v) is 6.13. The van der Waals surface area contributed by atoms with Gasteiger partial charge in [-0.05, 0) is 32.1 Å². The predicted molar refractivity (Wildman–Crippen MR) is 67.0 cm³/mol. The smallest absolute Gasteiger partial charge is 0.171 e. The van der Waals surface area contributed by atoms with Crippen molar-refractivity contribution in [2.24, 2.45) is 5.41 Å². The molecule has 0 aromatic carbocycles. The summed E-state index contributed by atoms with van der Waals surface area (Å²) in [5.41, 5.74) is 2.25. The average Bonchev–Trinajstić information content (AvgIpc) is 2.19. The Morgan fingerprint density at radius 2 is 1.88 bits per heavy atom. The number of rotatable bonds is 3. The highest BCUT2D eigenvalue weighted by Gasteiger charge is 2.31. The normalized spacial score (nSPS) is 18.0. The lowest BCUT2D eigenvalue weighted by molar-refractivity contribution is 0.180. The van der Waals surface area contributed by atoms with Crippen LogP contribution in [-0.4, -0.2) is 16.5 Å². The van der Waals surface area contributed by atoms with Crippen molar-refractivity contribution >= 4 is 17.4 Å². The maximum atomic E-state index is 6.06. The van der Waals surface area contributed by atoms with Crippen LogP contribution in [0.2, 0.25) is 5.15 Å². The van der Waals surface area contributed by atoms with Gasteiger partial charge in [-0.25, -0.2) is 9.97 Å². The zero-order valence-corrected chi connectivity index (χ0v) is 10.9. The molecule has 0 amide bonds. The van der Waals surface area contributed by atoms with E-state index in [-0.39, 0.29) is 0 Å². The molecule has 3 nitrogen and oxygen atoms in total. The Balaban J connectivity index is 2.06. The van der Waals surface area contributed by atoms with Crippen LogP contribution in [0, 0.1) is 19.3 Å². The summed E-state index contributed by atoms with van der Waals surface area (Å²) in [6.45, 7) is 7.11. The number of nitrogens with zero attached hydrogens (tertiary/aromatic N) is 2. The van der Waals surface area contributed by atoms with Gasteiger partial charge in [-0.15, -0.1) is 0 Å². The van der Waals surface area contributed by atoms with Crippen LogP contribution >= 0.6 is 11.6 Å². The number of halogens is 1. The molecule has 0 bridgehead atoms. The lowest BCUT2D eigenvalue weighted by atomic mass is 9.70. The largest absolute Gasteiger partial charge is 0.367 e.